The number of aromatic carboxylic acids is 1. The van der Waals surface area contributed by atoms with Gasteiger partial charge in [0, 0.05) is 10.4 Å². The van der Waals surface area contributed by atoms with Crippen LogP contribution in [-0.4, -0.2) is 11.1 Å². The van der Waals surface area contributed by atoms with Gasteiger partial charge in [0.05, 0.1) is 5.56 Å². The average molecular weight is 236 g/mol. The summed E-state index contributed by atoms with van der Waals surface area (Å²) < 4.78 is 13.6. The van der Waals surface area contributed by atoms with E-state index in [0.717, 1.165) is 16.5 Å². The van der Waals surface area contributed by atoms with Crippen molar-refractivity contribution in [2.24, 2.45) is 0 Å². The third-order valence-electron chi connectivity index (χ3n) is 2.26. The topological polar surface area (TPSA) is 37.3 Å². The second kappa shape index (κ2) is 4.06. The van der Waals surface area contributed by atoms with Gasteiger partial charge in [-0.05, 0) is 36.1 Å². The summed E-state index contributed by atoms with van der Waals surface area (Å²) in [6.45, 7) is 1.94. The van der Waals surface area contributed by atoms with Crippen molar-refractivity contribution in [1.29, 1.82) is 0 Å². The standard InChI is InChI=1S/C12H9FO2S/c1-7-4-9(6-16-7)10-3-2-8(12(14)15)5-11(10)13/h2-6H,1H3,(H,14,15). The van der Waals surface area contributed by atoms with Gasteiger partial charge < -0.3 is 5.11 Å². The molecule has 1 aromatic carbocycles. The number of aryl methyl sites for hydroxylation is 1. The number of benzene rings is 1. The lowest BCUT2D eigenvalue weighted by molar-refractivity contribution is 0.0696. The Hall–Kier alpha value is -1.68. The van der Waals surface area contributed by atoms with Crippen LogP contribution in [0.4, 0.5) is 4.39 Å². The monoisotopic (exact) mass is 236 g/mol. The van der Waals surface area contributed by atoms with Crippen molar-refractivity contribution in [1.82, 2.24) is 0 Å². The summed E-state index contributed by atoms with van der Waals surface area (Å²) in [4.78, 5) is 11.7. The van der Waals surface area contributed by atoms with Gasteiger partial charge in [-0.25, -0.2) is 9.18 Å². The number of carboxylic acids is 1. The van der Waals surface area contributed by atoms with Crippen LogP contribution >= 0.6 is 11.3 Å². The van der Waals surface area contributed by atoms with Gasteiger partial charge in [0.25, 0.3) is 0 Å². The molecule has 82 valence electrons. The van der Waals surface area contributed by atoms with Crippen LogP contribution < -0.4 is 0 Å². The first-order chi connectivity index (χ1) is 7.58. The van der Waals surface area contributed by atoms with Crippen LogP contribution in [0.2, 0.25) is 0 Å². The highest BCUT2D eigenvalue weighted by atomic mass is 32.1. The quantitative estimate of drug-likeness (QED) is 0.865. The Bertz CT molecular complexity index is 546. The molecule has 0 aliphatic heterocycles. The summed E-state index contributed by atoms with van der Waals surface area (Å²) in [7, 11) is 0. The van der Waals surface area contributed by atoms with Crippen molar-refractivity contribution in [3.05, 3.63) is 45.9 Å². The van der Waals surface area contributed by atoms with E-state index in [2.05, 4.69) is 0 Å². The first-order valence-electron chi connectivity index (χ1n) is 4.66. The van der Waals surface area contributed by atoms with Crippen molar-refractivity contribution >= 4 is 17.3 Å². The van der Waals surface area contributed by atoms with Crippen LogP contribution in [0.25, 0.3) is 11.1 Å². The van der Waals surface area contributed by atoms with Crippen LogP contribution in [0.15, 0.2) is 29.6 Å². The minimum atomic E-state index is -1.12. The molecule has 2 aromatic rings. The number of rotatable bonds is 2. The lowest BCUT2D eigenvalue weighted by atomic mass is 10.1. The first kappa shape index (κ1) is 10.8. The van der Waals surface area contributed by atoms with E-state index in [0.29, 0.717) is 5.56 Å². The molecule has 0 saturated heterocycles. The first-order valence-corrected chi connectivity index (χ1v) is 5.54. The third-order valence-corrected chi connectivity index (χ3v) is 3.12. The van der Waals surface area contributed by atoms with Gasteiger partial charge in [-0.1, -0.05) is 6.07 Å². The number of carbonyl (C=O) groups is 1. The Morgan fingerprint density at radius 3 is 2.62 bits per heavy atom. The van der Waals surface area contributed by atoms with Crippen molar-refractivity contribution in [3.8, 4) is 11.1 Å². The molecular formula is C12H9FO2S. The average Bonchev–Trinajstić information content (AvgIpc) is 2.64. The molecule has 0 amide bonds. The van der Waals surface area contributed by atoms with E-state index in [4.69, 9.17) is 5.11 Å². The lowest BCUT2D eigenvalue weighted by Gasteiger charge is -2.01. The molecule has 0 bridgehead atoms. The maximum Gasteiger partial charge on any atom is 0.335 e. The van der Waals surface area contributed by atoms with Crippen molar-refractivity contribution in [3.63, 3.8) is 0 Å². The van der Waals surface area contributed by atoms with Gasteiger partial charge >= 0.3 is 5.97 Å². The Kier molecular flexibility index (Phi) is 2.75. The second-order valence-electron chi connectivity index (χ2n) is 3.45. The minimum Gasteiger partial charge on any atom is -0.478 e. The van der Waals surface area contributed by atoms with Crippen molar-refractivity contribution < 1.29 is 14.3 Å². The Balaban J connectivity index is 2.47. The summed E-state index contributed by atoms with van der Waals surface area (Å²) in [6.07, 6.45) is 0. The van der Waals surface area contributed by atoms with Crippen LogP contribution in [0.5, 0.6) is 0 Å². The van der Waals surface area contributed by atoms with Gasteiger partial charge in [-0.15, -0.1) is 11.3 Å². The molecule has 0 unspecified atom stereocenters. The molecule has 4 heteroatoms. The molecule has 1 aromatic heterocycles. The van der Waals surface area contributed by atoms with Gasteiger partial charge in [-0.3, -0.25) is 0 Å². The van der Waals surface area contributed by atoms with E-state index in [1.54, 1.807) is 0 Å². The molecule has 0 aliphatic carbocycles. The largest absolute Gasteiger partial charge is 0.478 e. The highest BCUT2D eigenvalue weighted by Gasteiger charge is 2.10. The predicted octanol–water partition coefficient (Wildman–Crippen LogP) is 3.56. The Morgan fingerprint density at radius 1 is 1.38 bits per heavy atom. The number of halogens is 1. The van der Waals surface area contributed by atoms with Crippen molar-refractivity contribution in [2.45, 2.75) is 6.92 Å². The van der Waals surface area contributed by atoms with Gasteiger partial charge in [0.15, 0.2) is 0 Å². The molecule has 0 aliphatic rings. The zero-order chi connectivity index (χ0) is 11.7. The van der Waals surface area contributed by atoms with E-state index < -0.39 is 11.8 Å². The summed E-state index contributed by atoms with van der Waals surface area (Å²) in [5.41, 5.74) is 1.19. The van der Waals surface area contributed by atoms with E-state index in [1.807, 2.05) is 18.4 Å². The molecule has 0 saturated carbocycles. The molecule has 2 rings (SSSR count). The lowest BCUT2D eigenvalue weighted by Crippen LogP contribution is -1.97. The minimum absolute atomic E-state index is 0.0341. The fourth-order valence-corrected chi connectivity index (χ4v) is 2.17. The molecule has 0 fully saturated rings. The Labute approximate surface area is 96.0 Å². The molecule has 0 spiro atoms. The zero-order valence-corrected chi connectivity index (χ0v) is 9.34. The number of hydrogen-bond acceptors (Lipinski definition) is 2. The molecular weight excluding hydrogens is 227 g/mol. The van der Waals surface area contributed by atoms with Crippen LogP contribution in [0.3, 0.4) is 0 Å². The molecule has 0 atom stereocenters. The smallest absolute Gasteiger partial charge is 0.335 e. The summed E-state index contributed by atoms with van der Waals surface area (Å²) in [6, 6.07) is 5.84. The summed E-state index contributed by atoms with van der Waals surface area (Å²) >= 11 is 1.54. The third kappa shape index (κ3) is 1.97. The predicted molar refractivity (Wildman–Crippen MR) is 61.4 cm³/mol. The fraction of sp³-hybridized carbons (Fsp3) is 0.0833. The van der Waals surface area contributed by atoms with Crippen LogP contribution in [0.1, 0.15) is 15.2 Å². The maximum atomic E-state index is 13.6. The van der Waals surface area contributed by atoms with Crippen LogP contribution in [0, 0.1) is 12.7 Å². The summed E-state index contributed by atoms with van der Waals surface area (Å²) in [5.74, 6) is -1.62. The Morgan fingerprint density at radius 2 is 2.12 bits per heavy atom. The van der Waals surface area contributed by atoms with E-state index in [9.17, 15) is 9.18 Å². The highest BCUT2D eigenvalue weighted by molar-refractivity contribution is 7.10. The second-order valence-corrected chi connectivity index (χ2v) is 4.56. The number of thiophene rings is 1. The fourth-order valence-electron chi connectivity index (χ4n) is 1.47. The highest BCUT2D eigenvalue weighted by Crippen LogP contribution is 2.27. The molecule has 16 heavy (non-hydrogen) atoms. The van der Waals surface area contributed by atoms with E-state index >= 15 is 0 Å². The molecule has 1 heterocycles. The van der Waals surface area contributed by atoms with Crippen LogP contribution in [-0.2, 0) is 0 Å². The van der Waals surface area contributed by atoms with Gasteiger partial charge in [-0.2, -0.15) is 0 Å². The van der Waals surface area contributed by atoms with E-state index in [1.165, 1.54) is 23.5 Å². The molecule has 0 radical (unpaired) electrons. The number of carboxylic acid groups (broad SMARTS) is 1. The molecule has 1 N–H and O–H groups in total. The summed E-state index contributed by atoms with van der Waals surface area (Å²) in [5, 5.41) is 10.6. The van der Waals surface area contributed by atoms with E-state index in [-0.39, 0.29) is 5.56 Å². The molecule has 2 nitrogen and oxygen atoms in total. The maximum absolute atomic E-state index is 13.6. The van der Waals surface area contributed by atoms with Gasteiger partial charge in [0.1, 0.15) is 5.82 Å². The SMILES string of the molecule is Cc1cc(-c2ccc(C(=O)O)cc2F)cs1. The number of hydrogen-bond donors (Lipinski definition) is 1. The van der Waals surface area contributed by atoms with Gasteiger partial charge in [0.2, 0.25) is 0 Å². The zero-order valence-electron chi connectivity index (χ0n) is 8.53. The van der Waals surface area contributed by atoms with Crippen molar-refractivity contribution in [2.75, 3.05) is 0 Å². The normalized spacial score (nSPS) is 10.4.